The smallest absolute Gasteiger partial charge is 0.341 e. The number of carbonyl (C=O) groups is 3. The molecule has 1 fully saturated rings. The van der Waals surface area contributed by atoms with E-state index < -0.39 is 5.97 Å². The molecule has 0 unspecified atom stereocenters. The van der Waals surface area contributed by atoms with Gasteiger partial charge in [0.2, 0.25) is 5.91 Å². The molecule has 24 heavy (non-hydrogen) atoms. The molecule has 0 saturated carbocycles. The third-order valence-corrected chi connectivity index (χ3v) is 5.66. The van der Waals surface area contributed by atoms with Gasteiger partial charge in [-0.25, -0.2) is 4.79 Å². The summed E-state index contributed by atoms with van der Waals surface area (Å²) in [6.45, 7) is 2.66. The molecule has 0 atom stereocenters. The molecule has 1 aromatic heterocycles. The molecule has 6 nitrogen and oxygen atoms in total. The summed E-state index contributed by atoms with van der Waals surface area (Å²) in [6.07, 6.45) is 5.86. The van der Waals surface area contributed by atoms with Crippen LogP contribution in [0.1, 0.15) is 53.4 Å². The van der Waals surface area contributed by atoms with Gasteiger partial charge in [-0.1, -0.05) is 0 Å². The number of fused-ring (bicyclic) bond motifs is 1. The predicted octanol–water partition coefficient (Wildman–Crippen LogP) is 2.36. The van der Waals surface area contributed by atoms with E-state index in [4.69, 9.17) is 4.74 Å². The van der Waals surface area contributed by atoms with Crippen LogP contribution in [0, 0.1) is 0 Å². The van der Waals surface area contributed by atoms with Crippen LogP contribution in [0.15, 0.2) is 0 Å². The third kappa shape index (κ3) is 3.61. The Bertz CT molecular complexity index is 662. The van der Waals surface area contributed by atoms with Gasteiger partial charge < -0.3 is 15.0 Å². The van der Waals surface area contributed by atoms with Gasteiger partial charge in [-0.2, -0.15) is 0 Å². The molecule has 7 heteroatoms. The van der Waals surface area contributed by atoms with Crippen LogP contribution in [-0.2, 0) is 27.2 Å². The molecule has 2 amide bonds. The van der Waals surface area contributed by atoms with E-state index in [-0.39, 0.29) is 18.4 Å². The summed E-state index contributed by atoms with van der Waals surface area (Å²) in [5.74, 6) is -0.868. The molecule has 1 N–H and O–H groups in total. The van der Waals surface area contributed by atoms with Crippen LogP contribution in [0.4, 0.5) is 5.00 Å². The van der Waals surface area contributed by atoms with Crippen molar-refractivity contribution >= 4 is 34.1 Å². The molecule has 130 valence electrons. The number of esters is 1. The number of aryl methyl sites for hydroxylation is 1. The fraction of sp³-hybridized carbons (Fsp3) is 0.588. The van der Waals surface area contributed by atoms with E-state index in [1.165, 1.54) is 18.3 Å². The average Bonchev–Trinajstić information content (AvgIpc) is 3.19. The summed E-state index contributed by atoms with van der Waals surface area (Å²) in [6, 6.07) is 0. The summed E-state index contributed by atoms with van der Waals surface area (Å²) in [5, 5.41) is 3.29. The Morgan fingerprint density at radius 2 is 1.83 bits per heavy atom. The van der Waals surface area contributed by atoms with Gasteiger partial charge in [-0.3, -0.25) is 9.59 Å². The Morgan fingerprint density at radius 1 is 1.12 bits per heavy atom. The predicted molar refractivity (Wildman–Crippen MR) is 91.4 cm³/mol. The first-order chi connectivity index (χ1) is 11.6. The third-order valence-electron chi connectivity index (χ3n) is 4.45. The highest BCUT2D eigenvalue weighted by atomic mass is 32.1. The van der Waals surface area contributed by atoms with Crippen molar-refractivity contribution in [3.05, 3.63) is 16.0 Å². The second-order valence-electron chi connectivity index (χ2n) is 6.26. The Hall–Kier alpha value is -1.89. The van der Waals surface area contributed by atoms with Crippen molar-refractivity contribution in [3.63, 3.8) is 0 Å². The van der Waals surface area contributed by atoms with Gasteiger partial charge in [0, 0.05) is 24.9 Å². The van der Waals surface area contributed by atoms with E-state index in [0.29, 0.717) is 10.6 Å². The molecular formula is C17H22N2O4S. The number of hydrogen-bond acceptors (Lipinski definition) is 5. The normalized spacial score (nSPS) is 16.6. The molecule has 0 radical (unpaired) electrons. The summed E-state index contributed by atoms with van der Waals surface area (Å²) >= 11 is 1.45. The largest absolute Gasteiger partial charge is 0.452 e. The van der Waals surface area contributed by atoms with Gasteiger partial charge in [-0.05, 0) is 44.1 Å². The van der Waals surface area contributed by atoms with Crippen LogP contribution in [0.5, 0.6) is 0 Å². The molecule has 1 aliphatic heterocycles. The van der Waals surface area contributed by atoms with Crippen LogP contribution >= 0.6 is 11.3 Å². The Labute approximate surface area is 145 Å². The Kier molecular flexibility index (Phi) is 5.18. The molecule has 2 aliphatic rings. The standard InChI is InChI=1S/C17H22N2O4S/c1-11(20)18-16-15(12-6-2-3-7-13(12)24-16)17(22)23-10-14(21)19-8-4-5-9-19/h2-10H2,1H3,(H,18,20). The van der Waals surface area contributed by atoms with Gasteiger partial charge in [0.15, 0.2) is 6.61 Å². The molecule has 1 aromatic rings. The highest BCUT2D eigenvalue weighted by molar-refractivity contribution is 7.17. The maximum absolute atomic E-state index is 12.6. The van der Waals surface area contributed by atoms with Crippen LogP contribution in [0.3, 0.4) is 0 Å². The minimum absolute atomic E-state index is 0.147. The first kappa shape index (κ1) is 17.0. The number of ether oxygens (including phenoxy) is 1. The van der Waals surface area contributed by atoms with Crippen LogP contribution in [0.25, 0.3) is 0 Å². The summed E-state index contributed by atoms with van der Waals surface area (Å²) in [4.78, 5) is 38.9. The molecule has 0 spiro atoms. The maximum Gasteiger partial charge on any atom is 0.341 e. The quantitative estimate of drug-likeness (QED) is 0.846. The molecule has 1 saturated heterocycles. The zero-order valence-electron chi connectivity index (χ0n) is 13.9. The lowest BCUT2D eigenvalue weighted by atomic mass is 9.95. The number of nitrogens with one attached hydrogen (secondary N) is 1. The molecule has 0 aromatic carbocycles. The Morgan fingerprint density at radius 3 is 2.54 bits per heavy atom. The lowest BCUT2D eigenvalue weighted by molar-refractivity contribution is -0.133. The van der Waals surface area contributed by atoms with Crippen molar-refractivity contribution in [3.8, 4) is 0 Å². The first-order valence-corrected chi connectivity index (χ1v) is 9.25. The number of likely N-dealkylation sites (tertiary alicyclic amines) is 1. The second kappa shape index (κ2) is 7.34. The summed E-state index contributed by atoms with van der Waals surface area (Å²) in [5.41, 5.74) is 1.42. The fourth-order valence-electron chi connectivity index (χ4n) is 3.29. The number of hydrogen-bond donors (Lipinski definition) is 1. The molecule has 3 rings (SSSR count). The fourth-order valence-corrected chi connectivity index (χ4v) is 4.61. The zero-order chi connectivity index (χ0) is 17.1. The summed E-state index contributed by atoms with van der Waals surface area (Å²) < 4.78 is 5.27. The minimum Gasteiger partial charge on any atom is -0.452 e. The van der Waals surface area contributed by atoms with E-state index in [2.05, 4.69) is 5.32 Å². The van der Waals surface area contributed by atoms with Crippen LogP contribution < -0.4 is 5.32 Å². The maximum atomic E-state index is 12.6. The van der Waals surface area contributed by atoms with Crippen molar-refractivity contribution in [1.29, 1.82) is 0 Å². The Balaban J connectivity index is 1.74. The number of carbonyl (C=O) groups excluding carboxylic acids is 3. The van der Waals surface area contributed by atoms with Gasteiger partial charge in [-0.15, -0.1) is 11.3 Å². The zero-order valence-corrected chi connectivity index (χ0v) is 14.7. The number of thiophene rings is 1. The molecule has 0 bridgehead atoms. The summed E-state index contributed by atoms with van der Waals surface area (Å²) in [7, 11) is 0. The molecular weight excluding hydrogens is 328 g/mol. The van der Waals surface area contributed by atoms with E-state index in [1.54, 1.807) is 4.90 Å². The van der Waals surface area contributed by atoms with E-state index >= 15 is 0 Å². The molecule has 2 heterocycles. The van der Waals surface area contributed by atoms with Gasteiger partial charge in [0.05, 0.1) is 5.56 Å². The number of rotatable bonds is 4. The van der Waals surface area contributed by atoms with Crippen molar-refractivity contribution in [1.82, 2.24) is 4.90 Å². The lowest BCUT2D eigenvalue weighted by Gasteiger charge is -2.16. The van der Waals surface area contributed by atoms with E-state index in [1.807, 2.05) is 0 Å². The first-order valence-electron chi connectivity index (χ1n) is 8.43. The topological polar surface area (TPSA) is 75.7 Å². The lowest BCUT2D eigenvalue weighted by Crippen LogP contribution is -2.32. The van der Waals surface area contributed by atoms with Crippen molar-refractivity contribution in [2.45, 2.75) is 45.4 Å². The number of amides is 2. The van der Waals surface area contributed by atoms with Gasteiger partial charge in [0.25, 0.3) is 5.91 Å². The SMILES string of the molecule is CC(=O)Nc1sc2c(c1C(=O)OCC(=O)N1CCCC1)CCCC2. The highest BCUT2D eigenvalue weighted by Gasteiger charge is 2.28. The second-order valence-corrected chi connectivity index (χ2v) is 7.37. The van der Waals surface area contributed by atoms with Crippen molar-refractivity contribution in [2.24, 2.45) is 0 Å². The van der Waals surface area contributed by atoms with Crippen molar-refractivity contribution < 1.29 is 19.1 Å². The van der Waals surface area contributed by atoms with E-state index in [9.17, 15) is 14.4 Å². The number of nitrogens with zero attached hydrogens (tertiary/aromatic N) is 1. The molecule has 1 aliphatic carbocycles. The van der Waals surface area contributed by atoms with Gasteiger partial charge in [0.1, 0.15) is 5.00 Å². The highest BCUT2D eigenvalue weighted by Crippen LogP contribution is 2.38. The van der Waals surface area contributed by atoms with Crippen LogP contribution in [-0.4, -0.2) is 42.4 Å². The van der Waals surface area contributed by atoms with Crippen molar-refractivity contribution in [2.75, 3.05) is 25.0 Å². The van der Waals surface area contributed by atoms with E-state index in [0.717, 1.165) is 62.1 Å². The van der Waals surface area contributed by atoms with Gasteiger partial charge >= 0.3 is 5.97 Å². The average molecular weight is 350 g/mol. The minimum atomic E-state index is -0.509. The van der Waals surface area contributed by atoms with Crippen LogP contribution in [0.2, 0.25) is 0 Å². The monoisotopic (exact) mass is 350 g/mol. The number of anilines is 1.